The molecule has 1 heterocycles. The first-order chi connectivity index (χ1) is 8.00. The lowest BCUT2D eigenvalue weighted by Crippen LogP contribution is -2.26. The maximum absolute atomic E-state index is 6.42. The van der Waals surface area contributed by atoms with Gasteiger partial charge in [-0.2, -0.15) is 0 Å². The maximum Gasteiger partial charge on any atom is 0.0513 e. The van der Waals surface area contributed by atoms with Crippen LogP contribution in [0.2, 0.25) is 0 Å². The number of hydrogen-bond acceptors (Lipinski definition) is 2. The van der Waals surface area contributed by atoms with Crippen molar-refractivity contribution in [1.29, 1.82) is 0 Å². The fraction of sp³-hybridized carbons (Fsp3) is 0.600. The number of rotatable bonds is 2. The summed E-state index contributed by atoms with van der Waals surface area (Å²) in [7, 11) is 0. The second-order valence-corrected chi connectivity index (χ2v) is 5.99. The van der Waals surface area contributed by atoms with Crippen molar-refractivity contribution in [3.05, 3.63) is 35.4 Å². The number of benzene rings is 1. The van der Waals surface area contributed by atoms with E-state index in [-0.39, 0.29) is 11.5 Å². The van der Waals surface area contributed by atoms with Crippen molar-refractivity contribution in [3.63, 3.8) is 0 Å². The quantitative estimate of drug-likeness (QED) is 0.852. The maximum atomic E-state index is 6.42. The van der Waals surface area contributed by atoms with Gasteiger partial charge < -0.3 is 10.5 Å². The third-order valence-electron chi connectivity index (χ3n) is 3.60. The Morgan fingerprint density at radius 2 is 2.00 bits per heavy atom. The molecule has 2 heteroatoms. The predicted octanol–water partition coefficient (Wildman–Crippen LogP) is 3.02. The lowest BCUT2D eigenvalue weighted by Gasteiger charge is -2.28. The molecular formula is C15H23NO. The third-order valence-corrected chi connectivity index (χ3v) is 3.60. The number of nitrogens with two attached hydrogens (primary N) is 1. The van der Waals surface area contributed by atoms with Gasteiger partial charge >= 0.3 is 0 Å². The molecule has 1 aliphatic rings. The monoisotopic (exact) mass is 233 g/mol. The molecule has 0 saturated carbocycles. The highest BCUT2D eigenvalue weighted by atomic mass is 16.5. The van der Waals surface area contributed by atoms with Gasteiger partial charge in [0, 0.05) is 18.6 Å². The average molecular weight is 233 g/mol. The van der Waals surface area contributed by atoms with Crippen LogP contribution < -0.4 is 5.73 Å². The van der Waals surface area contributed by atoms with Crippen LogP contribution in [-0.2, 0) is 10.2 Å². The second kappa shape index (κ2) is 4.79. The lowest BCUT2D eigenvalue weighted by atomic mass is 9.79. The highest BCUT2D eigenvalue weighted by Crippen LogP contribution is 2.34. The Bertz CT molecular complexity index is 375. The molecule has 1 saturated heterocycles. The first-order valence-electron chi connectivity index (χ1n) is 6.43. The Kier molecular flexibility index (Phi) is 3.55. The minimum Gasteiger partial charge on any atom is -0.381 e. The molecule has 94 valence electrons. The Morgan fingerprint density at radius 1 is 1.29 bits per heavy atom. The van der Waals surface area contributed by atoms with Crippen molar-refractivity contribution in [2.75, 3.05) is 13.2 Å². The molecule has 17 heavy (non-hydrogen) atoms. The van der Waals surface area contributed by atoms with E-state index in [1.165, 1.54) is 11.1 Å². The van der Waals surface area contributed by atoms with Crippen LogP contribution in [0.5, 0.6) is 0 Å². The number of ether oxygens (including phenoxy) is 1. The van der Waals surface area contributed by atoms with E-state index in [1.54, 1.807) is 0 Å². The van der Waals surface area contributed by atoms with Crippen LogP contribution in [0.4, 0.5) is 0 Å². The lowest BCUT2D eigenvalue weighted by molar-refractivity contribution is 0.180. The van der Waals surface area contributed by atoms with Crippen LogP contribution in [0.25, 0.3) is 0 Å². The van der Waals surface area contributed by atoms with Crippen molar-refractivity contribution < 1.29 is 4.74 Å². The van der Waals surface area contributed by atoms with Crippen LogP contribution in [0.3, 0.4) is 0 Å². The molecule has 0 bridgehead atoms. The van der Waals surface area contributed by atoms with Crippen molar-refractivity contribution in [3.8, 4) is 0 Å². The zero-order chi connectivity index (χ0) is 12.5. The molecule has 2 unspecified atom stereocenters. The van der Waals surface area contributed by atoms with Crippen LogP contribution in [0.15, 0.2) is 24.3 Å². The summed E-state index contributed by atoms with van der Waals surface area (Å²) >= 11 is 0. The molecule has 1 aromatic rings. The predicted molar refractivity (Wildman–Crippen MR) is 71.0 cm³/mol. The zero-order valence-corrected chi connectivity index (χ0v) is 11.1. The minimum atomic E-state index is 0.105. The van der Waals surface area contributed by atoms with E-state index in [0.717, 1.165) is 19.6 Å². The highest BCUT2D eigenvalue weighted by Gasteiger charge is 2.28. The van der Waals surface area contributed by atoms with Crippen LogP contribution in [-0.4, -0.2) is 13.2 Å². The molecule has 0 amide bonds. The SMILES string of the molecule is CC(C)(C)c1ccccc1C(N)C1CCOC1. The highest BCUT2D eigenvalue weighted by molar-refractivity contribution is 5.35. The molecule has 2 N–H and O–H groups in total. The fourth-order valence-corrected chi connectivity index (χ4v) is 2.56. The minimum absolute atomic E-state index is 0.105. The largest absolute Gasteiger partial charge is 0.381 e. The molecule has 1 fully saturated rings. The van der Waals surface area contributed by atoms with Gasteiger partial charge in [-0.25, -0.2) is 0 Å². The van der Waals surface area contributed by atoms with Crippen molar-refractivity contribution >= 4 is 0 Å². The summed E-state index contributed by atoms with van der Waals surface area (Å²) in [5.74, 6) is 0.471. The van der Waals surface area contributed by atoms with E-state index in [1.807, 2.05) is 0 Å². The smallest absolute Gasteiger partial charge is 0.0513 e. The van der Waals surface area contributed by atoms with Gasteiger partial charge in [-0.1, -0.05) is 45.0 Å². The summed E-state index contributed by atoms with van der Waals surface area (Å²) in [5, 5.41) is 0. The van der Waals surface area contributed by atoms with Gasteiger partial charge in [0.1, 0.15) is 0 Å². The van der Waals surface area contributed by atoms with Gasteiger partial charge in [0.05, 0.1) is 6.61 Å². The van der Waals surface area contributed by atoms with Crippen LogP contribution >= 0.6 is 0 Å². The van der Waals surface area contributed by atoms with Crippen molar-refractivity contribution in [1.82, 2.24) is 0 Å². The van der Waals surface area contributed by atoms with Crippen molar-refractivity contribution in [2.45, 2.75) is 38.6 Å². The van der Waals surface area contributed by atoms with E-state index in [4.69, 9.17) is 10.5 Å². The first-order valence-corrected chi connectivity index (χ1v) is 6.43. The summed E-state index contributed by atoms with van der Waals surface area (Å²) in [6.07, 6.45) is 1.08. The van der Waals surface area contributed by atoms with E-state index in [9.17, 15) is 0 Å². The third kappa shape index (κ3) is 2.70. The van der Waals surface area contributed by atoms with Gasteiger partial charge in [-0.3, -0.25) is 0 Å². The van der Waals surface area contributed by atoms with Gasteiger partial charge in [-0.15, -0.1) is 0 Å². The normalized spacial score (nSPS) is 22.7. The van der Waals surface area contributed by atoms with Gasteiger partial charge in [0.2, 0.25) is 0 Å². The molecule has 2 atom stereocenters. The molecule has 0 spiro atoms. The first kappa shape index (κ1) is 12.6. The molecular weight excluding hydrogens is 210 g/mol. The Hall–Kier alpha value is -0.860. The van der Waals surface area contributed by atoms with Gasteiger partial charge in [0.15, 0.2) is 0 Å². The van der Waals surface area contributed by atoms with E-state index < -0.39 is 0 Å². The summed E-state index contributed by atoms with van der Waals surface area (Å²) in [4.78, 5) is 0. The van der Waals surface area contributed by atoms with Gasteiger partial charge in [0.25, 0.3) is 0 Å². The summed E-state index contributed by atoms with van der Waals surface area (Å²) < 4.78 is 5.45. The molecule has 2 nitrogen and oxygen atoms in total. The van der Waals surface area contributed by atoms with E-state index in [2.05, 4.69) is 45.0 Å². The molecule has 1 aliphatic heterocycles. The Labute approximate surface area is 104 Å². The Balaban J connectivity index is 2.31. The zero-order valence-electron chi connectivity index (χ0n) is 11.1. The second-order valence-electron chi connectivity index (χ2n) is 5.99. The fourth-order valence-electron chi connectivity index (χ4n) is 2.56. The van der Waals surface area contributed by atoms with Crippen molar-refractivity contribution in [2.24, 2.45) is 11.7 Å². The summed E-state index contributed by atoms with van der Waals surface area (Å²) in [5.41, 5.74) is 9.21. The van der Waals surface area contributed by atoms with Gasteiger partial charge in [-0.05, 0) is 23.0 Å². The molecule has 2 rings (SSSR count). The molecule has 0 aliphatic carbocycles. The van der Waals surface area contributed by atoms with E-state index in [0.29, 0.717) is 5.92 Å². The summed E-state index contributed by atoms with van der Waals surface area (Å²) in [6, 6.07) is 8.66. The molecule has 0 radical (unpaired) electrons. The molecule has 1 aromatic carbocycles. The Morgan fingerprint density at radius 3 is 2.59 bits per heavy atom. The molecule has 0 aromatic heterocycles. The standard InChI is InChI=1S/C15H23NO/c1-15(2,3)13-7-5-4-6-12(13)14(16)11-8-9-17-10-11/h4-7,11,14H,8-10,16H2,1-3H3. The van der Waals surface area contributed by atoms with Crippen LogP contribution in [0, 0.1) is 5.92 Å². The average Bonchev–Trinajstić information content (AvgIpc) is 2.80. The number of hydrogen-bond donors (Lipinski definition) is 1. The van der Waals surface area contributed by atoms with E-state index >= 15 is 0 Å². The summed E-state index contributed by atoms with van der Waals surface area (Å²) in [6.45, 7) is 8.38. The van der Waals surface area contributed by atoms with Crippen LogP contribution in [0.1, 0.15) is 44.4 Å². The topological polar surface area (TPSA) is 35.2 Å².